The molecule has 0 aliphatic carbocycles. The van der Waals surface area contributed by atoms with E-state index in [2.05, 4.69) is 5.10 Å². The van der Waals surface area contributed by atoms with Crippen LogP contribution in [0.2, 0.25) is 0 Å². The van der Waals surface area contributed by atoms with Crippen molar-refractivity contribution >= 4 is 0 Å². The molecule has 5 heteroatoms. The first kappa shape index (κ1) is 13.5. The largest absolute Gasteiger partial charge is 0.391 e. The monoisotopic (exact) mass is 261 g/mol. The fourth-order valence-electron chi connectivity index (χ4n) is 2.14. The van der Waals surface area contributed by atoms with Crippen molar-refractivity contribution in [3.8, 4) is 5.69 Å². The van der Waals surface area contributed by atoms with E-state index >= 15 is 0 Å². The van der Waals surface area contributed by atoms with Gasteiger partial charge in [-0.2, -0.15) is 5.10 Å². The minimum absolute atomic E-state index is 0.225. The van der Waals surface area contributed by atoms with Crippen molar-refractivity contribution in [2.75, 3.05) is 0 Å². The number of hydrogen-bond acceptors (Lipinski definition) is 3. The fourth-order valence-corrected chi connectivity index (χ4v) is 2.14. The SMILES string of the molecule is CCC(C(C)O)n1ncn(-c2ccc(C)cc2)c1=O. The Morgan fingerprint density at radius 2 is 1.95 bits per heavy atom. The molecule has 1 heterocycles. The quantitative estimate of drug-likeness (QED) is 0.910. The van der Waals surface area contributed by atoms with Crippen LogP contribution in [0.1, 0.15) is 31.9 Å². The van der Waals surface area contributed by atoms with Crippen molar-refractivity contribution in [1.29, 1.82) is 0 Å². The van der Waals surface area contributed by atoms with Gasteiger partial charge in [-0.05, 0) is 32.4 Å². The molecular weight excluding hydrogens is 242 g/mol. The Labute approximate surface area is 112 Å². The average molecular weight is 261 g/mol. The molecule has 0 aliphatic rings. The first-order chi connectivity index (χ1) is 9.04. The number of rotatable bonds is 4. The van der Waals surface area contributed by atoms with Crippen LogP contribution in [0, 0.1) is 6.92 Å². The van der Waals surface area contributed by atoms with Gasteiger partial charge in [0.25, 0.3) is 0 Å². The lowest BCUT2D eigenvalue weighted by Crippen LogP contribution is -2.32. The lowest BCUT2D eigenvalue weighted by Gasteiger charge is -2.16. The van der Waals surface area contributed by atoms with Gasteiger partial charge in [0.15, 0.2) is 0 Å². The summed E-state index contributed by atoms with van der Waals surface area (Å²) in [5, 5.41) is 13.8. The minimum atomic E-state index is -0.607. The molecule has 1 aromatic carbocycles. The van der Waals surface area contributed by atoms with Crippen LogP contribution in [0.15, 0.2) is 35.4 Å². The zero-order chi connectivity index (χ0) is 14.0. The van der Waals surface area contributed by atoms with E-state index in [4.69, 9.17) is 0 Å². The molecule has 1 aromatic heterocycles. The van der Waals surface area contributed by atoms with E-state index in [0.717, 1.165) is 11.3 Å². The van der Waals surface area contributed by atoms with Crippen LogP contribution in [0.5, 0.6) is 0 Å². The van der Waals surface area contributed by atoms with Crippen LogP contribution in [-0.2, 0) is 0 Å². The number of benzene rings is 1. The second-order valence-corrected chi connectivity index (χ2v) is 4.78. The van der Waals surface area contributed by atoms with Crippen LogP contribution in [-0.4, -0.2) is 25.6 Å². The number of aliphatic hydroxyl groups is 1. The molecule has 0 aliphatic heterocycles. The standard InChI is InChI=1S/C14H19N3O2/c1-4-13(11(3)18)17-14(19)16(9-15-17)12-7-5-10(2)6-8-12/h5-9,11,13,18H,4H2,1-3H3. The molecule has 0 radical (unpaired) electrons. The van der Waals surface area contributed by atoms with E-state index in [1.807, 2.05) is 38.1 Å². The third-order valence-corrected chi connectivity index (χ3v) is 3.29. The summed E-state index contributed by atoms with van der Waals surface area (Å²) in [6.07, 6.45) is 1.55. The highest BCUT2D eigenvalue weighted by Crippen LogP contribution is 2.13. The van der Waals surface area contributed by atoms with Gasteiger partial charge >= 0.3 is 5.69 Å². The van der Waals surface area contributed by atoms with Crippen molar-refractivity contribution < 1.29 is 5.11 Å². The Bertz CT molecular complexity index is 596. The summed E-state index contributed by atoms with van der Waals surface area (Å²) in [4.78, 5) is 12.3. The maximum Gasteiger partial charge on any atom is 0.350 e. The summed E-state index contributed by atoms with van der Waals surface area (Å²) < 4.78 is 2.84. The van der Waals surface area contributed by atoms with Crippen molar-refractivity contribution in [3.05, 3.63) is 46.6 Å². The van der Waals surface area contributed by atoms with Crippen LogP contribution in [0.3, 0.4) is 0 Å². The summed E-state index contributed by atoms with van der Waals surface area (Å²) in [6, 6.07) is 7.37. The molecule has 19 heavy (non-hydrogen) atoms. The van der Waals surface area contributed by atoms with Gasteiger partial charge in [0.1, 0.15) is 6.33 Å². The average Bonchev–Trinajstić information content (AvgIpc) is 2.73. The summed E-state index contributed by atoms with van der Waals surface area (Å²) in [6.45, 7) is 5.59. The maximum absolute atomic E-state index is 12.3. The molecule has 2 rings (SSSR count). The maximum atomic E-state index is 12.3. The molecule has 0 fully saturated rings. The lowest BCUT2D eigenvalue weighted by molar-refractivity contribution is 0.118. The fraction of sp³-hybridized carbons (Fsp3) is 0.429. The second-order valence-electron chi connectivity index (χ2n) is 4.78. The van der Waals surface area contributed by atoms with Gasteiger partial charge in [-0.1, -0.05) is 24.6 Å². The first-order valence-corrected chi connectivity index (χ1v) is 6.46. The van der Waals surface area contributed by atoms with Gasteiger partial charge in [-0.25, -0.2) is 14.0 Å². The topological polar surface area (TPSA) is 60.0 Å². The predicted molar refractivity (Wildman–Crippen MR) is 73.6 cm³/mol. The Hall–Kier alpha value is -1.88. The molecule has 0 saturated heterocycles. The smallest absolute Gasteiger partial charge is 0.350 e. The van der Waals surface area contributed by atoms with Crippen LogP contribution in [0.4, 0.5) is 0 Å². The van der Waals surface area contributed by atoms with E-state index in [0.29, 0.717) is 6.42 Å². The third kappa shape index (κ3) is 2.61. The molecule has 5 nitrogen and oxygen atoms in total. The van der Waals surface area contributed by atoms with Crippen molar-refractivity contribution in [1.82, 2.24) is 14.3 Å². The Morgan fingerprint density at radius 1 is 1.32 bits per heavy atom. The molecule has 2 aromatic rings. The van der Waals surface area contributed by atoms with E-state index in [1.165, 1.54) is 15.6 Å². The number of nitrogens with zero attached hydrogens (tertiary/aromatic N) is 3. The number of aliphatic hydroxyl groups excluding tert-OH is 1. The highest BCUT2D eigenvalue weighted by molar-refractivity contribution is 5.33. The molecule has 0 saturated carbocycles. The summed E-state index contributed by atoms with van der Waals surface area (Å²) in [5.41, 5.74) is 1.69. The van der Waals surface area contributed by atoms with Crippen LogP contribution >= 0.6 is 0 Å². The van der Waals surface area contributed by atoms with Gasteiger partial charge in [-0.3, -0.25) is 0 Å². The summed E-state index contributed by atoms with van der Waals surface area (Å²) in [7, 11) is 0. The second kappa shape index (κ2) is 5.40. The Balaban J connectivity index is 2.43. The van der Waals surface area contributed by atoms with Crippen LogP contribution < -0.4 is 5.69 Å². The minimum Gasteiger partial charge on any atom is -0.391 e. The summed E-state index contributed by atoms with van der Waals surface area (Å²) in [5.74, 6) is 0. The molecule has 1 N–H and O–H groups in total. The normalized spacial score (nSPS) is 14.3. The Kier molecular flexibility index (Phi) is 3.85. The number of hydrogen-bond donors (Lipinski definition) is 1. The molecule has 0 spiro atoms. The Morgan fingerprint density at radius 3 is 2.47 bits per heavy atom. The highest BCUT2D eigenvalue weighted by atomic mass is 16.3. The molecule has 0 amide bonds. The molecule has 2 atom stereocenters. The van der Waals surface area contributed by atoms with E-state index in [9.17, 15) is 9.90 Å². The highest BCUT2D eigenvalue weighted by Gasteiger charge is 2.19. The first-order valence-electron chi connectivity index (χ1n) is 6.46. The van der Waals surface area contributed by atoms with Gasteiger partial charge in [0.05, 0.1) is 17.8 Å². The van der Waals surface area contributed by atoms with Gasteiger partial charge in [-0.15, -0.1) is 0 Å². The molecule has 102 valence electrons. The third-order valence-electron chi connectivity index (χ3n) is 3.29. The number of aromatic nitrogens is 3. The van der Waals surface area contributed by atoms with Crippen molar-refractivity contribution in [2.24, 2.45) is 0 Å². The van der Waals surface area contributed by atoms with Gasteiger partial charge in [0.2, 0.25) is 0 Å². The number of aryl methyl sites for hydroxylation is 1. The molecule has 0 bridgehead atoms. The zero-order valence-electron chi connectivity index (χ0n) is 11.4. The van der Waals surface area contributed by atoms with Gasteiger partial charge < -0.3 is 5.11 Å². The van der Waals surface area contributed by atoms with Gasteiger partial charge in [0, 0.05) is 0 Å². The zero-order valence-corrected chi connectivity index (χ0v) is 11.4. The molecular formula is C14H19N3O2. The van der Waals surface area contributed by atoms with E-state index < -0.39 is 6.10 Å². The van der Waals surface area contributed by atoms with E-state index in [-0.39, 0.29) is 11.7 Å². The molecule has 2 unspecified atom stereocenters. The van der Waals surface area contributed by atoms with Crippen LogP contribution in [0.25, 0.3) is 5.69 Å². The van der Waals surface area contributed by atoms with Crippen molar-refractivity contribution in [3.63, 3.8) is 0 Å². The summed E-state index contributed by atoms with van der Waals surface area (Å²) >= 11 is 0. The van der Waals surface area contributed by atoms with E-state index in [1.54, 1.807) is 6.92 Å². The van der Waals surface area contributed by atoms with Crippen molar-refractivity contribution in [2.45, 2.75) is 39.3 Å². The predicted octanol–water partition coefficient (Wildman–Crippen LogP) is 1.67. The lowest BCUT2D eigenvalue weighted by atomic mass is 10.1.